The third-order valence-corrected chi connectivity index (χ3v) is 6.73. The number of nitrogens with zero attached hydrogens (tertiary/aromatic N) is 2. The number of hydrogen-bond acceptors (Lipinski definition) is 7. The Labute approximate surface area is 204 Å². The number of likely N-dealkylation sites (tertiary alicyclic amines) is 1. The minimum absolute atomic E-state index is 0.0990. The summed E-state index contributed by atoms with van der Waals surface area (Å²) >= 11 is 0. The smallest absolute Gasteiger partial charge is 0.295 e. The van der Waals surface area contributed by atoms with E-state index in [9.17, 15) is 14.7 Å². The number of aryl methyl sites for hydroxylation is 1. The molecule has 1 atom stereocenters. The molecule has 0 radical (unpaired) electrons. The van der Waals surface area contributed by atoms with Gasteiger partial charge in [0, 0.05) is 31.7 Å². The third-order valence-electron chi connectivity index (χ3n) is 6.73. The number of hydrogen-bond donors (Lipinski definition) is 1. The van der Waals surface area contributed by atoms with Crippen LogP contribution in [0.15, 0.2) is 48.0 Å². The van der Waals surface area contributed by atoms with Gasteiger partial charge < -0.3 is 24.2 Å². The van der Waals surface area contributed by atoms with E-state index in [2.05, 4.69) is 4.90 Å². The van der Waals surface area contributed by atoms with Crippen LogP contribution >= 0.6 is 0 Å². The van der Waals surface area contributed by atoms with Crippen LogP contribution < -0.4 is 9.47 Å². The van der Waals surface area contributed by atoms with Crippen molar-refractivity contribution >= 4 is 17.4 Å². The van der Waals surface area contributed by atoms with Crippen molar-refractivity contribution in [3.05, 3.63) is 64.7 Å². The molecule has 184 valence electrons. The molecule has 5 rings (SSSR count). The van der Waals surface area contributed by atoms with E-state index >= 15 is 0 Å². The largest absolute Gasteiger partial charge is 0.507 e. The molecule has 0 aromatic heterocycles. The minimum atomic E-state index is -0.672. The monoisotopic (exact) mass is 478 g/mol. The summed E-state index contributed by atoms with van der Waals surface area (Å²) in [6.07, 6.45) is 0.722. The van der Waals surface area contributed by atoms with Crippen molar-refractivity contribution < 1.29 is 28.9 Å². The summed E-state index contributed by atoms with van der Waals surface area (Å²) < 4.78 is 16.6. The van der Waals surface area contributed by atoms with Crippen molar-refractivity contribution in [2.24, 2.45) is 0 Å². The molecule has 3 aliphatic rings. The molecule has 2 aromatic rings. The average Bonchev–Trinajstić information content (AvgIpc) is 3.14. The molecule has 8 heteroatoms. The van der Waals surface area contributed by atoms with Gasteiger partial charge in [-0.15, -0.1) is 0 Å². The lowest BCUT2D eigenvalue weighted by Crippen LogP contribution is -2.38. The fraction of sp³-hybridized carbons (Fsp3) is 0.407. The van der Waals surface area contributed by atoms with Gasteiger partial charge in [-0.05, 0) is 37.1 Å². The number of carbonyl (C=O) groups is 2. The maximum atomic E-state index is 13.2. The lowest BCUT2D eigenvalue weighted by Gasteiger charge is -2.29. The number of Topliss-reactive ketones (excluding diaryl/α,β-unsaturated/α-hetero) is 1. The van der Waals surface area contributed by atoms with Crippen LogP contribution in [0.25, 0.3) is 5.76 Å². The molecule has 0 spiro atoms. The summed E-state index contributed by atoms with van der Waals surface area (Å²) in [5.41, 5.74) is 2.38. The number of fused-ring (bicyclic) bond motifs is 1. The van der Waals surface area contributed by atoms with Crippen LogP contribution in [0.5, 0.6) is 11.5 Å². The van der Waals surface area contributed by atoms with Crippen molar-refractivity contribution in [2.45, 2.75) is 19.4 Å². The number of aliphatic hydroxyl groups is 1. The lowest BCUT2D eigenvalue weighted by molar-refractivity contribution is -0.140. The van der Waals surface area contributed by atoms with E-state index in [-0.39, 0.29) is 11.3 Å². The van der Waals surface area contributed by atoms with Crippen molar-refractivity contribution in [3.8, 4) is 11.5 Å². The van der Waals surface area contributed by atoms with E-state index in [0.717, 1.165) is 37.2 Å². The lowest BCUT2D eigenvalue weighted by atomic mass is 9.94. The van der Waals surface area contributed by atoms with Gasteiger partial charge >= 0.3 is 0 Å². The molecule has 1 amide bonds. The summed E-state index contributed by atoms with van der Waals surface area (Å²) in [7, 11) is 0. The standard InChI is InChI=1S/C27H30N2O6/c1-18-3-5-19(6-4-18)24-23(25(30)20-7-8-21-22(17-20)35-16-15-34-21)26(31)27(32)29(24)10-2-9-28-11-13-33-14-12-28/h3-8,17,24,30H,2,9-16H2,1H3/t24-/m1/s1. The molecule has 1 N–H and O–H groups in total. The first-order valence-electron chi connectivity index (χ1n) is 12.1. The van der Waals surface area contributed by atoms with Gasteiger partial charge in [0.15, 0.2) is 11.5 Å². The van der Waals surface area contributed by atoms with Gasteiger partial charge in [0.2, 0.25) is 0 Å². The number of ether oxygens (including phenoxy) is 3. The molecule has 2 saturated heterocycles. The number of benzene rings is 2. The predicted octanol–water partition coefficient (Wildman–Crippen LogP) is 2.91. The molecule has 3 heterocycles. The van der Waals surface area contributed by atoms with Crippen LogP contribution in [0.2, 0.25) is 0 Å². The minimum Gasteiger partial charge on any atom is -0.507 e. The SMILES string of the molecule is Cc1ccc([C@@H]2C(=C(O)c3ccc4c(c3)OCCO4)C(=O)C(=O)N2CCCN2CCOCC2)cc1. The van der Waals surface area contributed by atoms with E-state index in [0.29, 0.717) is 50.0 Å². The normalized spacial score (nSPS) is 22.0. The molecular formula is C27H30N2O6. The van der Waals surface area contributed by atoms with Gasteiger partial charge in [-0.3, -0.25) is 14.5 Å². The summed E-state index contributed by atoms with van der Waals surface area (Å²) in [5, 5.41) is 11.3. The molecule has 35 heavy (non-hydrogen) atoms. The predicted molar refractivity (Wildman–Crippen MR) is 129 cm³/mol. The van der Waals surface area contributed by atoms with Crippen LogP contribution in [0.4, 0.5) is 0 Å². The Morgan fingerprint density at radius 1 is 0.943 bits per heavy atom. The topological polar surface area (TPSA) is 88.5 Å². The number of ketones is 1. The molecule has 0 aliphatic carbocycles. The number of aliphatic hydroxyl groups excluding tert-OH is 1. The number of amides is 1. The maximum absolute atomic E-state index is 13.2. The second kappa shape index (κ2) is 10.1. The van der Waals surface area contributed by atoms with E-state index in [1.807, 2.05) is 31.2 Å². The van der Waals surface area contributed by atoms with Crippen LogP contribution in [0, 0.1) is 6.92 Å². The Hall–Kier alpha value is -3.36. The fourth-order valence-corrected chi connectivity index (χ4v) is 4.84. The van der Waals surface area contributed by atoms with Gasteiger partial charge in [0.05, 0.1) is 24.8 Å². The first-order valence-corrected chi connectivity index (χ1v) is 12.1. The van der Waals surface area contributed by atoms with Crippen LogP contribution in [-0.2, 0) is 14.3 Å². The molecule has 8 nitrogen and oxygen atoms in total. The summed E-state index contributed by atoms with van der Waals surface area (Å²) in [6.45, 7) is 7.24. The zero-order valence-corrected chi connectivity index (χ0v) is 19.9. The molecule has 0 unspecified atom stereocenters. The van der Waals surface area contributed by atoms with Gasteiger partial charge in [-0.2, -0.15) is 0 Å². The zero-order valence-electron chi connectivity index (χ0n) is 19.9. The zero-order chi connectivity index (χ0) is 24.4. The summed E-state index contributed by atoms with van der Waals surface area (Å²) in [6, 6.07) is 12.1. The Morgan fingerprint density at radius 2 is 1.66 bits per heavy atom. The fourth-order valence-electron chi connectivity index (χ4n) is 4.84. The molecular weight excluding hydrogens is 448 g/mol. The van der Waals surface area contributed by atoms with Gasteiger partial charge in [-0.1, -0.05) is 29.8 Å². The quantitative estimate of drug-likeness (QED) is 0.388. The van der Waals surface area contributed by atoms with Gasteiger partial charge in [0.1, 0.15) is 19.0 Å². The second-order valence-electron chi connectivity index (χ2n) is 9.07. The molecule has 3 aliphatic heterocycles. The summed E-state index contributed by atoms with van der Waals surface area (Å²) in [4.78, 5) is 30.3. The van der Waals surface area contributed by atoms with E-state index in [1.54, 1.807) is 23.1 Å². The number of carbonyl (C=O) groups excluding carboxylic acids is 2. The van der Waals surface area contributed by atoms with Crippen molar-refractivity contribution in [2.75, 3.05) is 52.6 Å². The van der Waals surface area contributed by atoms with E-state index < -0.39 is 17.7 Å². The summed E-state index contributed by atoms with van der Waals surface area (Å²) in [5.74, 6) is -0.370. The highest BCUT2D eigenvalue weighted by Crippen LogP contribution is 2.41. The first-order chi connectivity index (χ1) is 17.0. The molecule has 2 aromatic carbocycles. The Bertz CT molecular complexity index is 1140. The highest BCUT2D eigenvalue weighted by atomic mass is 16.6. The van der Waals surface area contributed by atoms with Crippen molar-refractivity contribution in [1.29, 1.82) is 0 Å². The molecule has 2 fully saturated rings. The van der Waals surface area contributed by atoms with Crippen LogP contribution in [0.1, 0.15) is 29.2 Å². The molecule has 0 bridgehead atoms. The average molecular weight is 479 g/mol. The van der Waals surface area contributed by atoms with Crippen LogP contribution in [-0.4, -0.2) is 79.2 Å². The first kappa shape index (κ1) is 23.4. The van der Waals surface area contributed by atoms with Crippen LogP contribution in [0.3, 0.4) is 0 Å². The van der Waals surface area contributed by atoms with Crippen molar-refractivity contribution in [1.82, 2.24) is 9.80 Å². The highest BCUT2D eigenvalue weighted by molar-refractivity contribution is 6.46. The highest BCUT2D eigenvalue weighted by Gasteiger charge is 2.45. The second-order valence-corrected chi connectivity index (χ2v) is 9.07. The maximum Gasteiger partial charge on any atom is 0.295 e. The Balaban J connectivity index is 1.48. The Morgan fingerprint density at radius 3 is 2.40 bits per heavy atom. The number of rotatable bonds is 6. The molecule has 0 saturated carbocycles. The Kier molecular flexibility index (Phi) is 6.74. The van der Waals surface area contributed by atoms with Gasteiger partial charge in [0.25, 0.3) is 11.7 Å². The number of morpholine rings is 1. The van der Waals surface area contributed by atoms with Gasteiger partial charge in [-0.25, -0.2) is 0 Å². The third kappa shape index (κ3) is 4.76. The van der Waals surface area contributed by atoms with E-state index in [1.165, 1.54) is 0 Å². The van der Waals surface area contributed by atoms with Crippen molar-refractivity contribution in [3.63, 3.8) is 0 Å². The van der Waals surface area contributed by atoms with E-state index in [4.69, 9.17) is 14.2 Å².